The molecule has 1 amide bonds. The fraction of sp³-hybridized carbons (Fsp3) is 0.333. The van der Waals surface area contributed by atoms with Gasteiger partial charge in [0.1, 0.15) is 11.6 Å². The van der Waals surface area contributed by atoms with E-state index in [4.69, 9.17) is 4.42 Å². The average Bonchev–Trinajstić information content (AvgIpc) is 3.46. The summed E-state index contributed by atoms with van der Waals surface area (Å²) in [4.78, 5) is 19.0. The maximum atomic E-state index is 13.9. The number of nitrogens with one attached hydrogen (secondary N) is 1. The molecular weight excluding hydrogens is 400 g/mol. The Balaban J connectivity index is 1.32. The highest BCUT2D eigenvalue weighted by molar-refractivity contribution is 5.76. The first-order valence-electron chi connectivity index (χ1n) is 10.6. The number of benzene rings is 2. The Labute approximate surface area is 180 Å². The van der Waals surface area contributed by atoms with Crippen molar-refractivity contribution in [2.45, 2.75) is 31.7 Å². The second kappa shape index (κ2) is 9.83. The molecule has 4 rings (SSSR count). The van der Waals surface area contributed by atoms with E-state index in [1.807, 2.05) is 18.2 Å². The Hall–Kier alpha value is -3.06. The van der Waals surface area contributed by atoms with Crippen LogP contribution in [0, 0.1) is 11.6 Å². The molecule has 31 heavy (non-hydrogen) atoms. The van der Waals surface area contributed by atoms with Crippen LogP contribution in [0.4, 0.5) is 8.78 Å². The lowest BCUT2D eigenvalue weighted by Crippen LogP contribution is -2.36. The third-order valence-corrected chi connectivity index (χ3v) is 5.57. The SMILES string of the molecule is O=C(CCc1ncc(-c2ccc(F)cc2F)o1)NC[C@H](c1ccccc1)N1CCCC1. The highest BCUT2D eigenvalue weighted by atomic mass is 19.1. The summed E-state index contributed by atoms with van der Waals surface area (Å²) in [6.07, 6.45) is 4.26. The molecule has 0 bridgehead atoms. The topological polar surface area (TPSA) is 58.4 Å². The summed E-state index contributed by atoms with van der Waals surface area (Å²) < 4.78 is 32.5. The van der Waals surface area contributed by atoms with E-state index in [9.17, 15) is 13.6 Å². The number of aryl methyl sites for hydroxylation is 1. The van der Waals surface area contributed by atoms with E-state index in [-0.39, 0.29) is 29.7 Å². The van der Waals surface area contributed by atoms with Gasteiger partial charge in [0.2, 0.25) is 5.91 Å². The normalized spacial score (nSPS) is 15.2. The predicted molar refractivity (Wildman–Crippen MR) is 113 cm³/mol. The smallest absolute Gasteiger partial charge is 0.220 e. The zero-order chi connectivity index (χ0) is 21.6. The first kappa shape index (κ1) is 21.2. The quantitative estimate of drug-likeness (QED) is 0.577. The van der Waals surface area contributed by atoms with Crippen LogP contribution in [0.5, 0.6) is 0 Å². The van der Waals surface area contributed by atoms with Crippen molar-refractivity contribution in [1.82, 2.24) is 15.2 Å². The summed E-state index contributed by atoms with van der Waals surface area (Å²) in [6, 6.07) is 13.6. The van der Waals surface area contributed by atoms with Gasteiger partial charge in [-0.05, 0) is 43.6 Å². The predicted octanol–water partition coefficient (Wildman–Crippen LogP) is 4.51. The van der Waals surface area contributed by atoms with Gasteiger partial charge in [0.15, 0.2) is 11.7 Å². The Morgan fingerprint density at radius 2 is 1.90 bits per heavy atom. The van der Waals surface area contributed by atoms with Crippen molar-refractivity contribution in [2.75, 3.05) is 19.6 Å². The number of nitrogens with zero attached hydrogens (tertiary/aromatic N) is 2. The van der Waals surface area contributed by atoms with E-state index >= 15 is 0 Å². The van der Waals surface area contributed by atoms with E-state index in [0.29, 0.717) is 18.9 Å². The van der Waals surface area contributed by atoms with Crippen LogP contribution in [0.3, 0.4) is 0 Å². The van der Waals surface area contributed by atoms with Gasteiger partial charge in [0.25, 0.3) is 0 Å². The molecule has 0 aliphatic carbocycles. The van der Waals surface area contributed by atoms with Crippen LogP contribution in [0.15, 0.2) is 59.1 Å². The summed E-state index contributed by atoms with van der Waals surface area (Å²) in [5.74, 6) is -0.901. The third kappa shape index (κ3) is 5.35. The second-order valence-corrected chi connectivity index (χ2v) is 7.72. The van der Waals surface area contributed by atoms with Crippen LogP contribution in [0.25, 0.3) is 11.3 Å². The first-order valence-corrected chi connectivity index (χ1v) is 10.6. The second-order valence-electron chi connectivity index (χ2n) is 7.72. The molecule has 0 unspecified atom stereocenters. The van der Waals surface area contributed by atoms with Crippen molar-refractivity contribution in [3.63, 3.8) is 0 Å². The number of halogens is 2. The number of carbonyl (C=O) groups is 1. The van der Waals surface area contributed by atoms with Gasteiger partial charge in [0, 0.05) is 25.5 Å². The van der Waals surface area contributed by atoms with Gasteiger partial charge >= 0.3 is 0 Å². The van der Waals surface area contributed by atoms with Crippen molar-refractivity contribution in [2.24, 2.45) is 0 Å². The summed E-state index contributed by atoms with van der Waals surface area (Å²) in [5.41, 5.74) is 1.34. The number of aromatic nitrogens is 1. The number of likely N-dealkylation sites (tertiary alicyclic amines) is 1. The van der Waals surface area contributed by atoms with Gasteiger partial charge in [-0.1, -0.05) is 30.3 Å². The molecule has 0 saturated carbocycles. The maximum Gasteiger partial charge on any atom is 0.220 e. The summed E-state index contributed by atoms with van der Waals surface area (Å²) in [5, 5.41) is 3.03. The van der Waals surface area contributed by atoms with Crippen LogP contribution in [0.1, 0.15) is 36.8 Å². The molecule has 1 aromatic heterocycles. The molecule has 0 spiro atoms. The molecule has 5 nitrogen and oxygen atoms in total. The van der Waals surface area contributed by atoms with Crippen LogP contribution in [-0.2, 0) is 11.2 Å². The summed E-state index contributed by atoms with van der Waals surface area (Å²) in [6.45, 7) is 2.61. The lowest BCUT2D eigenvalue weighted by Gasteiger charge is -2.28. The number of oxazole rings is 1. The molecule has 0 radical (unpaired) electrons. The van der Waals surface area contributed by atoms with Gasteiger partial charge in [-0.2, -0.15) is 0 Å². The van der Waals surface area contributed by atoms with Gasteiger partial charge in [-0.15, -0.1) is 0 Å². The molecule has 1 saturated heterocycles. The van der Waals surface area contributed by atoms with Gasteiger partial charge in [0.05, 0.1) is 17.8 Å². The third-order valence-electron chi connectivity index (χ3n) is 5.57. The molecule has 1 aliphatic rings. The van der Waals surface area contributed by atoms with E-state index in [0.717, 1.165) is 25.2 Å². The van der Waals surface area contributed by atoms with E-state index in [1.54, 1.807) is 0 Å². The molecule has 162 valence electrons. The Bertz CT molecular complexity index is 1020. The molecular formula is C24H25F2N3O2. The number of rotatable bonds is 8. The number of carbonyl (C=O) groups excluding carboxylic acids is 1. The van der Waals surface area contributed by atoms with Crippen LogP contribution < -0.4 is 5.32 Å². The van der Waals surface area contributed by atoms with Crippen LogP contribution in [0.2, 0.25) is 0 Å². The fourth-order valence-corrected chi connectivity index (χ4v) is 3.95. The molecule has 1 atom stereocenters. The van der Waals surface area contributed by atoms with Crippen molar-refractivity contribution in [1.29, 1.82) is 0 Å². The average molecular weight is 425 g/mol. The van der Waals surface area contributed by atoms with Gasteiger partial charge < -0.3 is 9.73 Å². The Morgan fingerprint density at radius 1 is 1.13 bits per heavy atom. The minimum Gasteiger partial charge on any atom is -0.441 e. The molecule has 1 fully saturated rings. The number of hydrogen-bond acceptors (Lipinski definition) is 4. The summed E-state index contributed by atoms with van der Waals surface area (Å²) >= 11 is 0. The van der Waals surface area contributed by atoms with Crippen molar-refractivity contribution in [3.05, 3.63) is 77.8 Å². The number of amides is 1. The van der Waals surface area contributed by atoms with Crippen LogP contribution in [-0.4, -0.2) is 35.4 Å². The zero-order valence-electron chi connectivity index (χ0n) is 17.2. The van der Waals surface area contributed by atoms with Crippen molar-refractivity contribution >= 4 is 5.91 Å². The largest absolute Gasteiger partial charge is 0.441 e. The van der Waals surface area contributed by atoms with Crippen LogP contribution >= 0.6 is 0 Å². The highest BCUT2D eigenvalue weighted by Gasteiger charge is 2.23. The molecule has 3 aromatic rings. The highest BCUT2D eigenvalue weighted by Crippen LogP contribution is 2.25. The first-order chi connectivity index (χ1) is 15.1. The van der Waals surface area contributed by atoms with Gasteiger partial charge in [-0.3, -0.25) is 9.69 Å². The van der Waals surface area contributed by atoms with Crippen molar-refractivity contribution in [3.8, 4) is 11.3 Å². The Morgan fingerprint density at radius 3 is 2.65 bits per heavy atom. The standard InChI is InChI=1S/C24H25F2N3O2/c25-18-8-9-19(20(26)14-18)22-16-28-24(31-22)11-10-23(30)27-15-21(29-12-4-5-13-29)17-6-2-1-3-7-17/h1-3,6-9,14,16,21H,4-5,10-13,15H2,(H,27,30)/t21-/m1/s1. The lowest BCUT2D eigenvalue weighted by atomic mass is 10.1. The van der Waals surface area contributed by atoms with E-state index in [2.05, 4.69) is 27.3 Å². The molecule has 2 heterocycles. The monoisotopic (exact) mass is 425 g/mol. The number of hydrogen-bond donors (Lipinski definition) is 1. The maximum absolute atomic E-state index is 13.9. The van der Waals surface area contributed by atoms with E-state index in [1.165, 1.54) is 30.7 Å². The van der Waals surface area contributed by atoms with Gasteiger partial charge in [-0.25, -0.2) is 13.8 Å². The fourth-order valence-electron chi connectivity index (χ4n) is 3.95. The van der Waals surface area contributed by atoms with E-state index < -0.39 is 11.6 Å². The Kier molecular flexibility index (Phi) is 6.72. The summed E-state index contributed by atoms with van der Waals surface area (Å²) in [7, 11) is 0. The molecule has 1 N–H and O–H groups in total. The molecule has 1 aliphatic heterocycles. The minimum atomic E-state index is -0.714. The minimum absolute atomic E-state index is 0.0900. The molecule has 7 heteroatoms. The molecule has 2 aromatic carbocycles. The lowest BCUT2D eigenvalue weighted by molar-refractivity contribution is -0.121. The zero-order valence-corrected chi connectivity index (χ0v) is 17.2. The van der Waals surface area contributed by atoms with Crippen molar-refractivity contribution < 1.29 is 18.0 Å².